The van der Waals surface area contributed by atoms with Crippen LogP contribution in [-0.2, 0) is 0 Å². The summed E-state index contributed by atoms with van der Waals surface area (Å²) < 4.78 is 1.02. The molecule has 2 rings (SSSR count). The predicted octanol–water partition coefficient (Wildman–Crippen LogP) is 3.11. The number of anilines is 1. The van der Waals surface area contributed by atoms with Crippen molar-refractivity contribution in [2.75, 3.05) is 5.32 Å². The lowest BCUT2D eigenvalue weighted by Gasteiger charge is -2.14. The van der Waals surface area contributed by atoms with Crippen molar-refractivity contribution in [3.63, 3.8) is 0 Å². The van der Waals surface area contributed by atoms with Crippen LogP contribution in [0.5, 0.6) is 0 Å². The second-order valence-corrected chi connectivity index (χ2v) is 4.94. The van der Waals surface area contributed by atoms with E-state index in [-0.39, 0.29) is 11.7 Å². The van der Waals surface area contributed by atoms with E-state index in [9.17, 15) is 4.79 Å². The largest absolute Gasteiger partial charge is 0.476 e. The van der Waals surface area contributed by atoms with E-state index >= 15 is 0 Å². The second kappa shape index (κ2) is 5.79. The molecule has 1 heterocycles. The number of carboxylic acid groups (broad SMARTS) is 1. The standard InChI is InChI=1S/C13H12BrN3O2/c1-8(9-2-4-10(14)5-3-9)15-12-7-6-11(13(18)19)16-17-12/h2-8H,1H3,(H,15,17)(H,18,19). The van der Waals surface area contributed by atoms with Crippen molar-refractivity contribution in [1.82, 2.24) is 10.2 Å². The van der Waals surface area contributed by atoms with Gasteiger partial charge in [-0.25, -0.2) is 4.79 Å². The predicted molar refractivity (Wildman–Crippen MR) is 75.2 cm³/mol. The maximum absolute atomic E-state index is 10.7. The van der Waals surface area contributed by atoms with Gasteiger partial charge in [0.1, 0.15) is 5.82 Å². The molecule has 2 N–H and O–H groups in total. The molecule has 0 radical (unpaired) electrons. The van der Waals surface area contributed by atoms with E-state index in [0.717, 1.165) is 10.0 Å². The Kier molecular flexibility index (Phi) is 4.11. The molecule has 1 aromatic carbocycles. The Balaban J connectivity index is 2.08. The van der Waals surface area contributed by atoms with Crippen LogP contribution < -0.4 is 5.32 Å². The molecule has 0 saturated heterocycles. The van der Waals surface area contributed by atoms with Crippen molar-refractivity contribution in [3.05, 3.63) is 52.1 Å². The van der Waals surface area contributed by atoms with E-state index in [0.29, 0.717) is 5.82 Å². The topological polar surface area (TPSA) is 75.1 Å². The molecule has 6 heteroatoms. The van der Waals surface area contributed by atoms with Gasteiger partial charge in [-0.15, -0.1) is 10.2 Å². The van der Waals surface area contributed by atoms with Crippen LogP contribution in [-0.4, -0.2) is 21.3 Å². The Bertz CT molecular complexity index is 569. The van der Waals surface area contributed by atoms with Crippen LogP contribution in [0.1, 0.15) is 29.0 Å². The summed E-state index contributed by atoms with van der Waals surface area (Å²) in [6.45, 7) is 2.00. The molecule has 0 aliphatic rings. The molecule has 2 aromatic rings. The molecular weight excluding hydrogens is 310 g/mol. The van der Waals surface area contributed by atoms with Crippen LogP contribution in [0.15, 0.2) is 40.9 Å². The lowest BCUT2D eigenvalue weighted by atomic mass is 10.1. The van der Waals surface area contributed by atoms with Crippen LogP contribution in [0.3, 0.4) is 0 Å². The van der Waals surface area contributed by atoms with Crippen LogP contribution >= 0.6 is 15.9 Å². The highest BCUT2D eigenvalue weighted by Gasteiger charge is 2.08. The molecule has 0 aliphatic carbocycles. The van der Waals surface area contributed by atoms with E-state index in [4.69, 9.17) is 5.11 Å². The van der Waals surface area contributed by atoms with Gasteiger partial charge in [0.15, 0.2) is 5.69 Å². The summed E-state index contributed by atoms with van der Waals surface area (Å²) in [4.78, 5) is 10.7. The molecular formula is C13H12BrN3O2. The van der Waals surface area contributed by atoms with E-state index < -0.39 is 5.97 Å². The Morgan fingerprint density at radius 3 is 2.42 bits per heavy atom. The van der Waals surface area contributed by atoms with E-state index in [1.165, 1.54) is 6.07 Å². The quantitative estimate of drug-likeness (QED) is 0.905. The number of nitrogens with one attached hydrogen (secondary N) is 1. The zero-order chi connectivity index (χ0) is 13.8. The molecule has 5 nitrogen and oxygen atoms in total. The maximum Gasteiger partial charge on any atom is 0.356 e. The number of aromatic carboxylic acids is 1. The van der Waals surface area contributed by atoms with Crippen LogP contribution in [0, 0.1) is 0 Å². The van der Waals surface area contributed by atoms with Gasteiger partial charge in [0.05, 0.1) is 0 Å². The summed E-state index contributed by atoms with van der Waals surface area (Å²) >= 11 is 3.38. The molecule has 0 fully saturated rings. The van der Waals surface area contributed by atoms with Crippen molar-refractivity contribution in [1.29, 1.82) is 0 Å². The van der Waals surface area contributed by atoms with Crippen molar-refractivity contribution in [2.45, 2.75) is 13.0 Å². The van der Waals surface area contributed by atoms with Gasteiger partial charge in [0.2, 0.25) is 0 Å². The van der Waals surface area contributed by atoms with Gasteiger partial charge >= 0.3 is 5.97 Å². The number of carboxylic acids is 1. The summed E-state index contributed by atoms with van der Waals surface area (Å²) in [5, 5.41) is 19.3. The van der Waals surface area contributed by atoms with E-state index in [1.54, 1.807) is 6.07 Å². The zero-order valence-electron chi connectivity index (χ0n) is 10.2. The van der Waals surface area contributed by atoms with Gasteiger partial charge in [-0.3, -0.25) is 0 Å². The number of hydrogen-bond donors (Lipinski definition) is 2. The van der Waals surface area contributed by atoms with Gasteiger partial charge in [0.25, 0.3) is 0 Å². The number of halogens is 1. The highest BCUT2D eigenvalue weighted by atomic mass is 79.9. The summed E-state index contributed by atoms with van der Waals surface area (Å²) in [5.74, 6) is -0.541. The van der Waals surface area contributed by atoms with Crippen molar-refractivity contribution in [3.8, 4) is 0 Å². The third kappa shape index (κ3) is 3.51. The molecule has 0 spiro atoms. The van der Waals surface area contributed by atoms with Crippen molar-refractivity contribution in [2.24, 2.45) is 0 Å². The van der Waals surface area contributed by atoms with E-state index in [2.05, 4.69) is 31.4 Å². The SMILES string of the molecule is CC(Nc1ccc(C(=O)O)nn1)c1ccc(Br)cc1. The Morgan fingerprint density at radius 1 is 1.21 bits per heavy atom. The molecule has 19 heavy (non-hydrogen) atoms. The van der Waals surface area contributed by atoms with Crippen molar-refractivity contribution >= 4 is 27.7 Å². The fourth-order valence-corrected chi connectivity index (χ4v) is 1.84. The van der Waals surface area contributed by atoms with Gasteiger partial charge in [-0.1, -0.05) is 28.1 Å². The first-order valence-corrected chi connectivity index (χ1v) is 6.44. The normalized spacial score (nSPS) is 11.9. The minimum absolute atomic E-state index is 0.0538. The third-order valence-corrected chi connectivity index (χ3v) is 3.15. The fraction of sp³-hybridized carbons (Fsp3) is 0.154. The molecule has 1 unspecified atom stereocenters. The number of nitrogens with zero attached hydrogens (tertiary/aromatic N) is 2. The molecule has 0 bridgehead atoms. The van der Waals surface area contributed by atoms with Crippen molar-refractivity contribution < 1.29 is 9.90 Å². The molecule has 1 aromatic heterocycles. The van der Waals surface area contributed by atoms with Crippen LogP contribution in [0.25, 0.3) is 0 Å². The smallest absolute Gasteiger partial charge is 0.356 e. The highest BCUT2D eigenvalue weighted by molar-refractivity contribution is 9.10. The monoisotopic (exact) mass is 321 g/mol. The highest BCUT2D eigenvalue weighted by Crippen LogP contribution is 2.19. The molecule has 0 aliphatic heterocycles. The maximum atomic E-state index is 10.7. The van der Waals surface area contributed by atoms with Gasteiger partial charge in [-0.2, -0.15) is 0 Å². The molecule has 0 saturated carbocycles. The number of rotatable bonds is 4. The summed E-state index contributed by atoms with van der Waals surface area (Å²) in [5.41, 5.74) is 1.04. The molecule has 0 amide bonds. The van der Waals surface area contributed by atoms with E-state index in [1.807, 2.05) is 31.2 Å². The Labute approximate surface area is 118 Å². The Hall–Kier alpha value is -1.95. The average molecular weight is 322 g/mol. The fourth-order valence-electron chi connectivity index (χ4n) is 1.58. The zero-order valence-corrected chi connectivity index (χ0v) is 11.8. The average Bonchev–Trinajstić information content (AvgIpc) is 2.40. The van der Waals surface area contributed by atoms with Crippen LogP contribution in [0.2, 0.25) is 0 Å². The second-order valence-electron chi connectivity index (χ2n) is 4.03. The lowest BCUT2D eigenvalue weighted by molar-refractivity contribution is 0.0689. The number of hydrogen-bond acceptors (Lipinski definition) is 4. The van der Waals surface area contributed by atoms with Gasteiger partial charge in [0, 0.05) is 10.5 Å². The Morgan fingerprint density at radius 2 is 1.89 bits per heavy atom. The van der Waals surface area contributed by atoms with Gasteiger partial charge < -0.3 is 10.4 Å². The summed E-state index contributed by atoms with van der Waals surface area (Å²) in [7, 11) is 0. The third-order valence-electron chi connectivity index (χ3n) is 2.62. The first kappa shape index (κ1) is 13.5. The molecule has 1 atom stereocenters. The lowest BCUT2D eigenvalue weighted by Crippen LogP contribution is -2.10. The minimum atomic E-state index is -1.08. The van der Waals surface area contributed by atoms with Gasteiger partial charge in [-0.05, 0) is 36.8 Å². The summed E-state index contributed by atoms with van der Waals surface area (Å²) in [6, 6.07) is 11.0. The number of carbonyl (C=O) groups is 1. The number of aromatic nitrogens is 2. The minimum Gasteiger partial charge on any atom is -0.476 e. The molecule has 98 valence electrons. The first-order valence-electron chi connectivity index (χ1n) is 5.65. The summed E-state index contributed by atoms with van der Waals surface area (Å²) in [6.07, 6.45) is 0. The van der Waals surface area contributed by atoms with Crippen LogP contribution in [0.4, 0.5) is 5.82 Å². The first-order chi connectivity index (χ1) is 9.06. The number of benzene rings is 1.